The molecule has 1 heteroatoms. The van der Waals surface area contributed by atoms with Crippen molar-refractivity contribution in [2.45, 2.75) is 46.0 Å². The molecule has 0 heterocycles. The Morgan fingerprint density at radius 2 is 2.07 bits per heavy atom. The zero-order valence-electron chi connectivity index (χ0n) is 9.60. The van der Waals surface area contributed by atoms with Crippen molar-refractivity contribution in [2.75, 3.05) is 13.1 Å². The Bertz CT molecular complexity index is 199. The van der Waals surface area contributed by atoms with E-state index in [1.165, 1.54) is 32.2 Å². The van der Waals surface area contributed by atoms with Gasteiger partial charge in [-0.2, -0.15) is 0 Å². The van der Waals surface area contributed by atoms with Crippen molar-refractivity contribution in [1.82, 2.24) is 5.32 Å². The Morgan fingerprint density at radius 3 is 2.79 bits per heavy atom. The Morgan fingerprint density at radius 1 is 1.29 bits per heavy atom. The second-order valence-electron chi connectivity index (χ2n) is 4.40. The lowest BCUT2D eigenvalue weighted by molar-refractivity contribution is 0.249. The normalized spacial score (nSPS) is 26.7. The van der Waals surface area contributed by atoms with Crippen molar-refractivity contribution in [3.8, 4) is 11.8 Å². The first-order valence-corrected chi connectivity index (χ1v) is 5.95. The molecule has 2 unspecified atom stereocenters. The van der Waals surface area contributed by atoms with Crippen molar-refractivity contribution in [2.24, 2.45) is 11.8 Å². The molecule has 14 heavy (non-hydrogen) atoms. The lowest BCUT2D eigenvalue weighted by Gasteiger charge is -2.28. The highest BCUT2D eigenvalue weighted by molar-refractivity contribution is 4.95. The van der Waals surface area contributed by atoms with Crippen LogP contribution in [0.2, 0.25) is 0 Å². The van der Waals surface area contributed by atoms with Crippen LogP contribution in [0.25, 0.3) is 0 Å². The average molecular weight is 193 g/mol. The van der Waals surface area contributed by atoms with E-state index in [4.69, 9.17) is 0 Å². The van der Waals surface area contributed by atoms with Crippen molar-refractivity contribution in [3.05, 3.63) is 0 Å². The fraction of sp³-hybridized carbons (Fsp3) is 0.846. The molecule has 0 aromatic carbocycles. The quantitative estimate of drug-likeness (QED) is 0.535. The first-order valence-electron chi connectivity index (χ1n) is 5.95. The van der Waals surface area contributed by atoms with Crippen LogP contribution in [0.15, 0.2) is 0 Å². The molecule has 1 saturated carbocycles. The zero-order valence-corrected chi connectivity index (χ0v) is 9.60. The number of nitrogens with one attached hydrogen (secondary N) is 1. The van der Waals surface area contributed by atoms with E-state index in [1.54, 1.807) is 0 Å². The van der Waals surface area contributed by atoms with Crippen LogP contribution in [0.3, 0.4) is 0 Å². The molecule has 0 saturated heterocycles. The zero-order chi connectivity index (χ0) is 10.2. The van der Waals surface area contributed by atoms with Gasteiger partial charge in [0.1, 0.15) is 0 Å². The topological polar surface area (TPSA) is 12.0 Å². The largest absolute Gasteiger partial charge is 0.315 e. The van der Waals surface area contributed by atoms with Crippen molar-refractivity contribution in [1.29, 1.82) is 0 Å². The lowest BCUT2D eigenvalue weighted by atomic mass is 9.80. The minimum Gasteiger partial charge on any atom is -0.315 e. The maximum Gasteiger partial charge on any atom is 0.0214 e. The third kappa shape index (κ3) is 4.15. The maximum atomic E-state index is 3.52. The first-order chi connectivity index (χ1) is 6.84. The molecule has 80 valence electrons. The minimum atomic E-state index is 0.915. The smallest absolute Gasteiger partial charge is 0.0214 e. The Labute approximate surface area is 88.7 Å². The van der Waals surface area contributed by atoms with E-state index in [0.29, 0.717) is 0 Å². The Kier molecular flexibility index (Phi) is 5.71. The van der Waals surface area contributed by atoms with Gasteiger partial charge in [0, 0.05) is 13.0 Å². The number of hydrogen-bond donors (Lipinski definition) is 1. The van der Waals surface area contributed by atoms with Crippen molar-refractivity contribution < 1.29 is 0 Å². The molecule has 0 aromatic heterocycles. The summed E-state index contributed by atoms with van der Waals surface area (Å²) in [6.45, 7) is 6.57. The molecule has 0 aromatic rings. The van der Waals surface area contributed by atoms with Crippen LogP contribution in [0.1, 0.15) is 46.0 Å². The van der Waals surface area contributed by atoms with E-state index in [1.807, 2.05) is 6.92 Å². The summed E-state index contributed by atoms with van der Waals surface area (Å²) in [6.07, 6.45) is 6.73. The van der Waals surface area contributed by atoms with Crippen LogP contribution in [0.5, 0.6) is 0 Å². The SMILES string of the molecule is CC#CCCNCC1CCCCC1C. The van der Waals surface area contributed by atoms with Crippen LogP contribution in [0, 0.1) is 23.7 Å². The van der Waals surface area contributed by atoms with E-state index >= 15 is 0 Å². The fourth-order valence-corrected chi connectivity index (χ4v) is 2.26. The Balaban J connectivity index is 2.06. The van der Waals surface area contributed by atoms with Gasteiger partial charge in [0.15, 0.2) is 0 Å². The lowest BCUT2D eigenvalue weighted by Crippen LogP contribution is -2.29. The highest BCUT2D eigenvalue weighted by atomic mass is 14.9. The molecule has 1 aliphatic carbocycles. The molecule has 0 amide bonds. The molecular formula is C13H23N. The minimum absolute atomic E-state index is 0.915. The summed E-state index contributed by atoms with van der Waals surface area (Å²) < 4.78 is 0. The molecular weight excluding hydrogens is 170 g/mol. The molecule has 2 atom stereocenters. The average Bonchev–Trinajstić information content (AvgIpc) is 2.20. The van der Waals surface area contributed by atoms with Gasteiger partial charge in [-0.1, -0.05) is 26.2 Å². The van der Waals surface area contributed by atoms with Crippen molar-refractivity contribution >= 4 is 0 Å². The van der Waals surface area contributed by atoms with Crippen LogP contribution in [-0.2, 0) is 0 Å². The van der Waals surface area contributed by atoms with Gasteiger partial charge in [-0.15, -0.1) is 11.8 Å². The predicted molar refractivity (Wildman–Crippen MR) is 62.1 cm³/mol. The van der Waals surface area contributed by atoms with Gasteiger partial charge in [0.2, 0.25) is 0 Å². The first kappa shape index (κ1) is 11.6. The highest BCUT2D eigenvalue weighted by Gasteiger charge is 2.20. The van der Waals surface area contributed by atoms with Crippen LogP contribution >= 0.6 is 0 Å². The number of rotatable bonds is 4. The predicted octanol–water partition coefficient (Wildman–Crippen LogP) is 2.82. The second kappa shape index (κ2) is 6.90. The Hall–Kier alpha value is -0.480. The summed E-state index contributed by atoms with van der Waals surface area (Å²) in [5.74, 6) is 7.85. The summed E-state index contributed by atoms with van der Waals surface area (Å²) in [5, 5.41) is 3.52. The second-order valence-corrected chi connectivity index (χ2v) is 4.40. The summed E-state index contributed by atoms with van der Waals surface area (Å²) in [4.78, 5) is 0. The van der Waals surface area contributed by atoms with Gasteiger partial charge in [0.05, 0.1) is 0 Å². The van der Waals surface area contributed by atoms with Crippen LogP contribution in [-0.4, -0.2) is 13.1 Å². The van der Waals surface area contributed by atoms with Gasteiger partial charge >= 0.3 is 0 Å². The number of hydrogen-bond acceptors (Lipinski definition) is 1. The fourth-order valence-electron chi connectivity index (χ4n) is 2.26. The summed E-state index contributed by atoms with van der Waals surface area (Å²) >= 11 is 0. The van der Waals surface area contributed by atoms with Gasteiger partial charge < -0.3 is 5.32 Å². The summed E-state index contributed by atoms with van der Waals surface area (Å²) in [6, 6.07) is 0. The molecule has 0 bridgehead atoms. The molecule has 1 fully saturated rings. The third-order valence-electron chi connectivity index (χ3n) is 3.30. The molecule has 0 radical (unpaired) electrons. The van der Waals surface area contributed by atoms with Gasteiger partial charge in [-0.05, 0) is 31.7 Å². The summed E-state index contributed by atoms with van der Waals surface area (Å²) in [5.41, 5.74) is 0. The third-order valence-corrected chi connectivity index (χ3v) is 3.30. The van der Waals surface area contributed by atoms with Gasteiger partial charge in [-0.3, -0.25) is 0 Å². The van der Waals surface area contributed by atoms with E-state index in [9.17, 15) is 0 Å². The molecule has 1 rings (SSSR count). The standard InChI is InChI=1S/C13H23N/c1-3-4-7-10-14-11-13-9-6-5-8-12(13)2/h12-14H,5-11H2,1-2H3. The van der Waals surface area contributed by atoms with E-state index in [-0.39, 0.29) is 0 Å². The van der Waals surface area contributed by atoms with Crippen molar-refractivity contribution in [3.63, 3.8) is 0 Å². The van der Waals surface area contributed by atoms with Crippen LogP contribution in [0.4, 0.5) is 0 Å². The molecule has 0 spiro atoms. The summed E-state index contributed by atoms with van der Waals surface area (Å²) in [7, 11) is 0. The van der Waals surface area contributed by atoms with E-state index in [0.717, 1.165) is 24.8 Å². The van der Waals surface area contributed by atoms with Crippen LogP contribution < -0.4 is 5.32 Å². The molecule has 0 aliphatic heterocycles. The monoisotopic (exact) mass is 193 g/mol. The molecule has 1 aliphatic rings. The van der Waals surface area contributed by atoms with Gasteiger partial charge in [0.25, 0.3) is 0 Å². The maximum absolute atomic E-state index is 3.52. The highest BCUT2D eigenvalue weighted by Crippen LogP contribution is 2.28. The van der Waals surface area contributed by atoms with E-state index < -0.39 is 0 Å². The van der Waals surface area contributed by atoms with E-state index in [2.05, 4.69) is 24.1 Å². The molecule has 1 N–H and O–H groups in total. The van der Waals surface area contributed by atoms with Gasteiger partial charge in [-0.25, -0.2) is 0 Å². The molecule has 1 nitrogen and oxygen atoms in total.